The maximum atomic E-state index is 5.51. The minimum Gasteiger partial charge on any atom is -0.388 e. The SMILES string of the molecule is Cc1cscc1CNc1nccc(C(N)=S)n1. The van der Waals surface area contributed by atoms with Crippen molar-refractivity contribution in [2.75, 3.05) is 5.32 Å². The Morgan fingerprint density at radius 2 is 2.35 bits per heavy atom. The van der Waals surface area contributed by atoms with E-state index in [1.807, 2.05) is 0 Å². The second kappa shape index (κ2) is 5.20. The number of hydrogen-bond donors (Lipinski definition) is 2. The van der Waals surface area contributed by atoms with Gasteiger partial charge >= 0.3 is 0 Å². The minimum absolute atomic E-state index is 0.280. The molecule has 0 aliphatic heterocycles. The highest BCUT2D eigenvalue weighted by Crippen LogP contribution is 2.14. The first-order valence-corrected chi connectivity index (χ1v) is 6.40. The van der Waals surface area contributed by atoms with Gasteiger partial charge in [0.2, 0.25) is 5.95 Å². The van der Waals surface area contributed by atoms with Crippen LogP contribution in [0.3, 0.4) is 0 Å². The van der Waals surface area contributed by atoms with Crippen LogP contribution in [-0.4, -0.2) is 15.0 Å². The van der Waals surface area contributed by atoms with Crippen LogP contribution in [0.2, 0.25) is 0 Å². The molecule has 4 nitrogen and oxygen atoms in total. The third-order valence-electron chi connectivity index (χ3n) is 2.31. The molecule has 17 heavy (non-hydrogen) atoms. The first-order chi connectivity index (χ1) is 8.16. The lowest BCUT2D eigenvalue weighted by molar-refractivity contribution is 1.04. The molecule has 0 aliphatic carbocycles. The highest BCUT2D eigenvalue weighted by molar-refractivity contribution is 7.80. The number of thiocarbonyl (C=S) groups is 1. The maximum absolute atomic E-state index is 5.51. The fraction of sp³-hybridized carbons (Fsp3) is 0.182. The van der Waals surface area contributed by atoms with Crippen LogP contribution in [0.5, 0.6) is 0 Å². The number of thiophene rings is 1. The van der Waals surface area contributed by atoms with Crippen LogP contribution in [0.4, 0.5) is 5.95 Å². The lowest BCUT2D eigenvalue weighted by atomic mass is 10.2. The van der Waals surface area contributed by atoms with Gasteiger partial charge in [-0.3, -0.25) is 0 Å². The fourth-order valence-electron chi connectivity index (χ4n) is 1.32. The molecule has 0 aromatic carbocycles. The number of anilines is 1. The van der Waals surface area contributed by atoms with Gasteiger partial charge in [0.05, 0.1) is 0 Å². The van der Waals surface area contributed by atoms with Gasteiger partial charge in [0.15, 0.2) is 0 Å². The lowest BCUT2D eigenvalue weighted by Gasteiger charge is -2.05. The van der Waals surface area contributed by atoms with Crippen molar-refractivity contribution >= 4 is 34.5 Å². The zero-order chi connectivity index (χ0) is 12.3. The molecule has 0 fully saturated rings. The molecule has 0 aliphatic rings. The van der Waals surface area contributed by atoms with Gasteiger partial charge < -0.3 is 11.1 Å². The summed E-state index contributed by atoms with van der Waals surface area (Å²) in [6.07, 6.45) is 1.64. The molecule has 6 heteroatoms. The van der Waals surface area contributed by atoms with Crippen molar-refractivity contribution in [2.24, 2.45) is 5.73 Å². The van der Waals surface area contributed by atoms with Crippen LogP contribution in [-0.2, 0) is 6.54 Å². The highest BCUT2D eigenvalue weighted by Gasteiger charge is 2.03. The summed E-state index contributed by atoms with van der Waals surface area (Å²) in [6.45, 7) is 2.79. The summed E-state index contributed by atoms with van der Waals surface area (Å²) in [4.78, 5) is 8.61. The molecule has 2 rings (SSSR count). The van der Waals surface area contributed by atoms with E-state index in [0.717, 1.165) is 0 Å². The van der Waals surface area contributed by atoms with Crippen LogP contribution in [0.15, 0.2) is 23.0 Å². The molecule has 0 saturated heterocycles. The molecule has 0 spiro atoms. The van der Waals surface area contributed by atoms with Crippen LogP contribution in [0, 0.1) is 6.92 Å². The number of nitrogens with two attached hydrogens (primary N) is 1. The van der Waals surface area contributed by atoms with Gasteiger partial charge in [0, 0.05) is 12.7 Å². The molecule has 3 N–H and O–H groups in total. The fourth-order valence-corrected chi connectivity index (χ4v) is 2.29. The Kier molecular flexibility index (Phi) is 3.65. The Morgan fingerprint density at radius 3 is 3.00 bits per heavy atom. The van der Waals surface area contributed by atoms with Gasteiger partial charge in [0.1, 0.15) is 10.7 Å². The summed E-state index contributed by atoms with van der Waals surface area (Å²) in [7, 11) is 0. The molecule has 0 unspecified atom stereocenters. The summed E-state index contributed by atoms with van der Waals surface area (Å²) in [5.74, 6) is 0.543. The van der Waals surface area contributed by atoms with E-state index in [1.54, 1.807) is 23.6 Å². The zero-order valence-corrected chi connectivity index (χ0v) is 10.9. The predicted octanol–water partition coefficient (Wildman–Crippen LogP) is 2.09. The molecular formula is C11H12N4S2. The lowest BCUT2D eigenvalue weighted by Crippen LogP contribution is -2.13. The molecule has 0 saturated carbocycles. The van der Waals surface area contributed by atoms with Gasteiger partial charge in [0.25, 0.3) is 0 Å². The average Bonchev–Trinajstić information content (AvgIpc) is 2.72. The molecule has 0 bridgehead atoms. The Hall–Kier alpha value is -1.53. The Bertz CT molecular complexity index is 536. The number of hydrogen-bond acceptors (Lipinski definition) is 5. The number of aryl methyl sites for hydroxylation is 1. The van der Waals surface area contributed by atoms with Gasteiger partial charge in [-0.2, -0.15) is 11.3 Å². The summed E-state index contributed by atoms with van der Waals surface area (Å²) in [5.41, 5.74) is 8.62. The monoisotopic (exact) mass is 264 g/mol. The topological polar surface area (TPSA) is 63.8 Å². The number of rotatable bonds is 4. The van der Waals surface area contributed by atoms with Crippen molar-refractivity contribution in [1.82, 2.24) is 9.97 Å². The van der Waals surface area contributed by atoms with E-state index < -0.39 is 0 Å². The molecule has 0 amide bonds. The van der Waals surface area contributed by atoms with Gasteiger partial charge in [-0.1, -0.05) is 12.2 Å². The van der Waals surface area contributed by atoms with E-state index in [4.69, 9.17) is 18.0 Å². The van der Waals surface area contributed by atoms with E-state index >= 15 is 0 Å². The Balaban J connectivity index is 2.07. The standard InChI is InChI=1S/C11H12N4S2/c1-7-5-17-6-8(7)4-14-11-13-3-2-9(15-11)10(12)16/h2-3,5-6H,4H2,1H3,(H2,12,16)(H,13,14,15). The molecule has 2 aromatic rings. The Labute approximate surface area is 109 Å². The molecule has 2 aromatic heterocycles. The minimum atomic E-state index is 0.280. The quantitative estimate of drug-likeness (QED) is 0.828. The Morgan fingerprint density at radius 1 is 1.53 bits per heavy atom. The van der Waals surface area contributed by atoms with Crippen molar-refractivity contribution in [3.05, 3.63) is 39.8 Å². The van der Waals surface area contributed by atoms with E-state index in [9.17, 15) is 0 Å². The number of nitrogens with zero attached hydrogens (tertiary/aromatic N) is 2. The van der Waals surface area contributed by atoms with Crippen molar-refractivity contribution in [3.8, 4) is 0 Å². The molecule has 0 atom stereocenters. The average molecular weight is 264 g/mol. The smallest absolute Gasteiger partial charge is 0.223 e. The first-order valence-electron chi connectivity index (χ1n) is 5.05. The normalized spacial score (nSPS) is 10.2. The number of aromatic nitrogens is 2. The van der Waals surface area contributed by atoms with Crippen LogP contribution in [0.25, 0.3) is 0 Å². The van der Waals surface area contributed by atoms with Gasteiger partial charge in [-0.15, -0.1) is 0 Å². The molecular weight excluding hydrogens is 252 g/mol. The van der Waals surface area contributed by atoms with Crippen LogP contribution in [0.1, 0.15) is 16.8 Å². The van der Waals surface area contributed by atoms with Gasteiger partial charge in [-0.05, 0) is 34.9 Å². The second-order valence-electron chi connectivity index (χ2n) is 3.56. The highest BCUT2D eigenvalue weighted by atomic mass is 32.1. The zero-order valence-electron chi connectivity index (χ0n) is 9.30. The molecule has 2 heterocycles. The van der Waals surface area contributed by atoms with E-state index in [0.29, 0.717) is 18.2 Å². The van der Waals surface area contributed by atoms with Gasteiger partial charge in [-0.25, -0.2) is 9.97 Å². The molecule has 88 valence electrons. The van der Waals surface area contributed by atoms with Crippen LogP contribution >= 0.6 is 23.6 Å². The van der Waals surface area contributed by atoms with Crippen LogP contribution < -0.4 is 11.1 Å². The largest absolute Gasteiger partial charge is 0.388 e. The summed E-state index contributed by atoms with van der Waals surface area (Å²) in [6, 6.07) is 1.70. The number of nitrogens with one attached hydrogen (secondary N) is 1. The summed E-state index contributed by atoms with van der Waals surface area (Å²) >= 11 is 6.56. The third kappa shape index (κ3) is 2.98. The summed E-state index contributed by atoms with van der Waals surface area (Å²) < 4.78 is 0. The molecule has 0 radical (unpaired) electrons. The summed E-state index contributed by atoms with van der Waals surface area (Å²) in [5, 5.41) is 7.38. The predicted molar refractivity (Wildman–Crippen MR) is 74.3 cm³/mol. The van der Waals surface area contributed by atoms with Crippen molar-refractivity contribution < 1.29 is 0 Å². The van der Waals surface area contributed by atoms with E-state index in [1.165, 1.54) is 11.1 Å². The van der Waals surface area contributed by atoms with E-state index in [2.05, 4.69) is 33.0 Å². The van der Waals surface area contributed by atoms with Crippen molar-refractivity contribution in [3.63, 3.8) is 0 Å². The van der Waals surface area contributed by atoms with Crippen molar-refractivity contribution in [1.29, 1.82) is 0 Å². The van der Waals surface area contributed by atoms with Crippen molar-refractivity contribution in [2.45, 2.75) is 13.5 Å². The second-order valence-corrected chi connectivity index (χ2v) is 4.75. The maximum Gasteiger partial charge on any atom is 0.223 e. The third-order valence-corrected chi connectivity index (χ3v) is 3.43. The van der Waals surface area contributed by atoms with E-state index in [-0.39, 0.29) is 4.99 Å². The first kappa shape index (κ1) is 11.9.